The van der Waals surface area contributed by atoms with Crippen LogP contribution < -0.4 is 17.1 Å². The van der Waals surface area contributed by atoms with Crippen molar-refractivity contribution < 1.29 is 0 Å². The first-order chi connectivity index (χ1) is 4.66. The van der Waals surface area contributed by atoms with E-state index in [1.807, 2.05) is 6.92 Å². The first-order valence-corrected chi connectivity index (χ1v) is 2.96. The highest BCUT2D eigenvalue weighted by molar-refractivity contribution is 5.06. The van der Waals surface area contributed by atoms with Crippen LogP contribution in [0, 0.1) is 0 Å². The molecule has 0 bridgehead atoms. The molecule has 0 aliphatic rings. The van der Waals surface area contributed by atoms with Gasteiger partial charge in [-0.3, -0.25) is 5.84 Å². The summed E-state index contributed by atoms with van der Waals surface area (Å²) in [6.07, 6.45) is 5.35. The lowest BCUT2D eigenvalue weighted by Gasteiger charge is -2.08. The van der Waals surface area contributed by atoms with Crippen LogP contribution in [0.25, 0.3) is 0 Å². The third-order valence-corrected chi connectivity index (χ3v) is 0.872. The van der Waals surface area contributed by atoms with E-state index < -0.39 is 0 Å². The van der Waals surface area contributed by atoms with Crippen molar-refractivity contribution >= 4 is 0 Å². The predicted molar refractivity (Wildman–Crippen MR) is 42.2 cm³/mol. The van der Waals surface area contributed by atoms with Crippen molar-refractivity contribution in [3.8, 4) is 0 Å². The van der Waals surface area contributed by atoms with Gasteiger partial charge in [0.05, 0.1) is 0 Å². The molecule has 0 aliphatic carbocycles. The zero-order valence-electron chi connectivity index (χ0n) is 6.33. The molecular formula is C6H14N4. The number of hydrogen-bond donors (Lipinski definition) is 3. The van der Waals surface area contributed by atoms with Crippen molar-refractivity contribution in [1.82, 2.24) is 10.5 Å². The maximum atomic E-state index is 5.36. The Morgan fingerprint density at radius 1 is 1.60 bits per heavy atom. The van der Waals surface area contributed by atoms with E-state index in [0.29, 0.717) is 0 Å². The second-order valence-electron chi connectivity index (χ2n) is 1.99. The van der Waals surface area contributed by atoms with E-state index in [2.05, 4.69) is 5.53 Å². The summed E-state index contributed by atoms with van der Waals surface area (Å²) in [5.74, 6) is 5.06. The molecule has 0 unspecified atom stereocenters. The number of nitrogens with one attached hydrogen (secondary N) is 1. The van der Waals surface area contributed by atoms with Gasteiger partial charge in [-0.2, -0.15) is 5.53 Å². The average molecular weight is 142 g/mol. The minimum atomic E-state index is 0.765. The molecule has 0 saturated carbocycles. The van der Waals surface area contributed by atoms with E-state index in [1.165, 1.54) is 0 Å². The van der Waals surface area contributed by atoms with Crippen molar-refractivity contribution in [2.75, 3.05) is 7.05 Å². The summed E-state index contributed by atoms with van der Waals surface area (Å²) >= 11 is 0. The Bertz CT molecular complexity index is 135. The molecule has 0 aromatic rings. The van der Waals surface area contributed by atoms with Crippen LogP contribution in [0.3, 0.4) is 0 Å². The molecule has 4 heteroatoms. The average Bonchev–Trinajstić information content (AvgIpc) is 1.87. The lowest BCUT2D eigenvalue weighted by atomic mass is 10.4. The summed E-state index contributed by atoms with van der Waals surface area (Å²) in [6, 6.07) is 0. The van der Waals surface area contributed by atoms with Crippen molar-refractivity contribution in [1.29, 1.82) is 0 Å². The van der Waals surface area contributed by atoms with Gasteiger partial charge in [0.25, 0.3) is 0 Å². The number of hydrogen-bond acceptors (Lipinski definition) is 4. The highest BCUT2D eigenvalue weighted by Gasteiger charge is 1.78. The summed E-state index contributed by atoms with van der Waals surface area (Å²) in [5, 5.41) is 1.61. The van der Waals surface area contributed by atoms with E-state index >= 15 is 0 Å². The Hall–Kier alpha value is -1.00. The standard InChI is InChI=1S/C6H14N4/c1-6(7)4-3-5-10(2)9-8/h3-5,9H,7-8H2,1-2H3/b5-3-,6-4+. The van der Waals surface area contributed by atoms with Crippen LogP contribution in [-0.2, 0) is 0 Å². The molecule has 4 nitrogen and oxygen atoms in total. The quantitative estimate of drug-likeness (QED) is 0.287. The molecule has 0 saturated heterocycles. The van der Waals surface area contributed by atoms with E-state index in [4.69, 9.17) is 11.6 Å². The minimum Gasteiger partial charge on any atom is -0.402 e. The molecule has 0 radical (unpaired) electrons. The summed E-state index contributed by atoms with van der Waals surface area (Å²) in [4.78, 5) is 0. The summed E-state index contributed by atoms with van der Waals surface area (Å²) in [5.41, 5.74) is 8.54. The van der Waals surface area contributed by atoms with Crippen molar-refractivity contribution in [2.24, 2.45) is 11.6 Å². The molecule has 0 heterocycles. The van der Waals surface area contributed by atoms with Gasteiger partial charge in [-0.25, -0.2) is 0 Å². The summed E-state index contributed by atoms with van der Waals surface area (Å²) in [6.45, 7) is 1.82. The summed E-state index contributed by atoms with van der Waals surface area (Å²) in [7, 11) is 1.79. The zero-order chi connectivity index (χ0) is 7.98. The van der Waals surface area contributed by atoms with Gasteiger partial charge in [-0.15, -0.1) is 0 Å². The van der Waals surface area contributed by atoms with E-state index in [9.17, 15) is 0 Å². The SMILES string of the molecule is C/C(N)=C\C=C/N(C)NN. The van der Waals surface area contributed by atoms with Crippen LogP contribution in [0.4, 0.5) is 0 Å². The highest BCUT2D eigenvalue weighted by Crippen LogP contribution is 1.82. The fourth-order valence-corrected chi connectivity index (χ4v) is 0.367. The Labute approximate surface area is 61.1 Å². The lowest BCUT2D eigenvalue weighted by Crippen LogP contribution is -2.35. The molecule has 0 atom stereocenters. The van der Waals surface area contributed by atoms with Crippen LogP contribution in [0.5, 0.6) is 0 Å². The fraction of sp³-hybridized carbons (Fsp3) is 0.333. The Kier molecular flexibility index (Phi) is 4.36. The topological polar surface area (TPSA) is 67.3 Å². The molecule has 0 rings (SSSR count). The van der Waals surface area contributed by atoms with Crippen molar-refractivity contribution in [3.05, 3.63) is 24.0 Å². The van der Waals surface area contributed by atoms with Crippen LogP contribution in [0.1, 0.15) is 6.92 Å². The molecule has 0 amide bonds. The number of nitrogens with zero attached hydrogens (tertiary/aromatic N) is 1. The second kappa shape index (κ2) is 4.84. The molecule has 58 valence electrons. The van der Waals surface area contributed by atoms with E-state index in [1.54, 1.807) is 30.4 Å². The number of allylic oxidation sites excluding steroid dienone is 3. The largest absolute Gasteiger partial charge is 0.402 e. The molecule has 0 fully saturated rings. The summed E-state index contributed by atoms with van der Waals surface area (Å²) < 4.78 is 0. The molecule has 0 spiro atoms. The normalized spacial score (nSPS) is 12.5. The number of nitrogens with two attached hydrogens (primary N) is 2. The molecular weight excluding hydrogens is 128 g/mol. The zero-order valence-corrected chi connectivity index (χ0v) is 6.33. The molecule has 0 aromatic carbocycles. The third-order valence-electron chi connectivity index (χ3n) is 0.872. The minimum absolute atomic E-state index is 0.765. The number of hydrazine groups is 2. The van der Waals surface area contributed by atoms with Crippen molar-refractivity contribution in [2.45, 2.75) is 6.92 Å². The molecule has 10 heavy (non-hydrogen) atoms. The van der Waals surface area contributed by atoms with E-state index in [-0.39, 0.29) is 0 Å². The Balaban J connectivity index is 3.66. The van der Waals surface area contributed by atoms with Crippen LogP contribution in [-0.4, -0.2) is 12.1 Å². The Morgan fingerprint density at radius 2 is 2.20 bits per heavy atom. The smallest absolute Gasteiger partial charge is 0.0238 e. The second-order valence-corrected chi connectivity index (χ2v) is 1.99. The maximum Gasteiger partial charge on any atom is 0.0238 e. The highest BCUT2D eigenvalue weighted by atomic mass is 15.6. The van der Waals surface area contributed by atoms with Gasteiger partial charge in [0.15, 0.2) is 0 Å². The molecule has 0 aliphatic heterocycles. The van der Waals surface area contributed by atoms with Crippen LogP contribution >= 0.6 is 0 Å². The Morgan fingerprint density at radius 3 is 2.60 bits per heavy atom. The first-order valence-electron chi connectivity index (χ1n) is 2.96. The van der Waals surface area contributed by atoms with Crippen LogP contribution in [0.15, 0.2) is 24.0 Å². The lowest BCUT2D eigenvalue weighted by molar-refractivity contribution is 0.335. The van der Waals surface area contributed by atoms with Crippen LogP contribution in [0.2, 0.25) is 0 Å². The fourth-order valence-electron chi connectivity index (χ4n) is 0.367. The van der Waals surface area contributed by atoms with Crippen molar-refractivity contribution in [3.63, 3.8) is 0 Å². The maximum absolute atomic E-state index is 5.36. The third kappa shape index (κ3) is 5.14. The monoisotopic (exact) mass is 142 g/mol. The van der Waals surface area contributed by atoms with Gasteiger partial charge >= 0.3 is 0 Å². The van der Waals surface area contributed by atoms with Gasteiger partial charge in [0.1, 0.15) is 0 Å². The van der Waals surface area contributed by atoms with Gasteiger partial charge in [-0.1, -0.05) is 0 Å². The van der Waals surface area contributed by atoms with E-state index in [0.717, 1.165) is 5.70 Å². The van der Waals surface area contributed by atoms with Gasteiger partial charge in [0.2, 0.25) is 0 Å². The van der Waals surface area contributed by atoms with Gasteiger partial charge in [-0.05, 0) is 19.1 Å². The molecule has 5 N–H and O–H groups in total. The molecule has 0 aromatic heterocycles. The number of rotatable bonds is 3. The van der Waals surface area contributed by atoms with Gasteiger partial charge in [0, 0.05) is 18.9 Å². The first kappa shape index (κ1) is 9.00. The van der Waals surface area contributed by atoms with Gasteiger partial charge < -0.3 is 10.7 Å². The predicted octanol–water partition coefficient (Wildman–Crippen LogP) is -0.327.